The third-order valence-corrected chi connectivity index (χ3v) is 3.37. The number of carbonyl (C=O) groups excluding carboxylic acids is 1. The van der Waals surface area contributed by atoms with Gasteiger partial charge in [0.05, 0.1) is 10.7 Å². The van der Waals surface area contributed by atoms with Crippen molar-refractivity contribution in [1.82, 2.24) is 0 Å². The van der Waals surface area contributed by atoms with E-state index < -0.39 is 5.82 Å². The molecule has 0 fully saturated rings. The topological polar surface area (TPSA) is 38.3 Å². The van der Waals surface area contributed by atoms with E-state index in [1.807, 2.05) is 26.0 Å². The third-order valence-electron chi connectivity index (χ3n) is 3.05. The Morgan fingerprint density at radius 1 is 1.19 bits per heavy atom. The third kappa shape index (κ3) is 4.20. The van der Waals surface area contributed by atoms with Gasteiger partial charge >= 0.3 is 0 Å². The van der Waals surface area contributed by atoms with Crippen LogP contribution in [0.25, 0.3) is 0 Å². The van der Waals surface area contributed by atoms with Crippen LogP contribution in [0.5, 0.6) is 5.75 Å². The Hall–Kier alpha value is -2.07. The van der Waals surface area contributed by atoms with Crippen LogP contribution in [0.15, 0.2) is 36.4 Å². The van der Waals surface area contributed by atoms with Gasteiger partial charge in [0.15, 0.2) is 6.61 Å². The van der Waals surface area contributed by atoms with Gasteiger partial charge in [-0.2, -0.15) is 0 Å². The number of anilines is 1. The number of ether oxygens (including phenoxy) is 1. The first-order valence-corrected chi connectivity index (χ1v) is 6.78. The van der Waals surface area contributed by atoms with E-state index in [0.717, 1.165) is 17.2 Å². The summed E-state index contributed by atoms with van der Waals surface area (Å²) in [5, 5.41) is 2.72. The number of rotatable bonds is 4. The fourth-order valence-electron chi connectivity index (χ4n) is 1.73. The fourth-order valence-corrected chi connectivity index (χ4v) is 1.94. The Balaban J connectivity index is 1.94. The van der Waals surface area contributed by atoms with E-state index >= 15 is 0 Å². The quantitative estimate of drug-likeness (QED) is 0.923. The smallest absolute Gasteiger partial charge is 0.262 e. The first-order valence-electron chi connectivity index (χ1n) is 6.40. The number of hydrogen-bond acceptors (Lipinski definition) is 2. The van der Waals surface area contributed by atoms with Gasteiger partial charge in [0.1, 0.15) is 11.6 Å². The molecule has 0 saturated carbocycles. The summed E-state index contributed by atoms with van der Waals surface area (Å²) in [6.45, 7) is 3.83. The van der Waals surface area contributed by atoms with E-state index in [4.69, 9.17) is 16.3 Å². The lowest BCUT2D eigenvalue weighted by Crippen LogP contribution is -2.20. The molecule has 0 heterocycles. The van der Waals surface area contributed by atoms with Crippen molar-refractivity contribution < 1.29 is 13.9 Å². The van der Waals surface area contributed by atoms with E-state index in [0.29, 0.717) is 11.4 Å². The molecule has 2 aromatic carbocycles. The largest absolute Gasteiger partial charge is 0.484 e. The molecule has 0 aliphatic carbocycles. The number of halogens is 2. The lowest BCUT2D eigenvalue weighted by Gasteiger charge is -2.10. The molecule has 5 heteroatoms. The van der Waals surface area contributed by atoms with Crippen molar-refractivity contribution in [3.8, 4) is 5.75 Å². The lowest BCUT2D eigenvalue weighted by atomic mass is 10.1. The first kappa shape index (κ1) is 15.3. The molecule has 3 nitrogen and oxygen atoms in total. The highest BCUT2D eigenvalue weighted by molar-refractivity contribution is 6.33. The number of benzene rings is 2. The van der Waals surface area contributed by atoms with Gasteiger partial charge in [-0.05, 0) is 55.3 Å². The maximum atomic E-state index is 12.9. The van der Waals surface area contributed by atoms with Crippen molar-refractivity contribution in [1.29, 1.82) is 0 Å². The Labute approximate surface area is 127 Å². The predicted octanol–water partition coefficient (Wildman–Crippen LogP) is 4.11. The van der Waals surface area contributed by atoms with Crippen molar-refractivity contribution >= 4 is 23.2 Å². The molecule has 0 saturated heterocycles. The van der Waals surface area contributed by atoms with Crippen molar-refractivity contribution in [2.75, 3.05) is 11.9 Å². The van der Waals surface area contributed by atoms with Crippen molar-refractivity contribution in [2.24, 2.45) is 0 Å². The molecular formula is C16H15ClFNO2. The van der Waals surface area contributed by atoms with Gasteiger partial charge in [0, 0.05) is 0 Å². The minimum atomic E-state index is -0.454. The summed E-state index contributed by atoms with van der Waals surface area (Å²) in [6, 6.07) is 9.38. The van der Waals surface area contributed by atoms with Crippen LogP contribution >= 0.6 is 11.6 Å². The van der Waals surface area contributed by atoms with Gasteiger partial charge in [0.25, 0.3) is 5.91 Å². The summed E-state index contributed by atoms with van der Waals surface area (Å²) in [5.74, 6) is -0.190. The average molecular weight is 308 g/mol. The summed E-state index contributed by atoms with van der Waals surface area (Å²) in [7, 11) is 0. The van der Waals surface area contributed by atoms with E-state index in [2.05, 4.69) is 5.32 Å². The monoisotopic (exact) mass is 307 g/mol. The molecule has 1 amide bonds. The summed E-state index contributed by atoms with van der Waals surface area (Å²) >= 11 is 5.83. The van der Waals surface area contributed by atoms with Crippen LogP contribution in [0, 0.1) is 19.7 Å². The van der Waals surface area contributed by atoms with Crippen LogP contribution in [-0.2, 0) is 4.79 Å². The molecule has 0 atom stereocenters. The van der Waals surface area contributed by atoms with Gasteiger partial charge in [-0.3, -0.25) is 4.79 Å². The van der Waals surface area contributed by atoms with Crippen molar-refractivity contribution in [3.63, 3.8) is 0 Å². The molecule has 0 unspecified atom stereocenters. The van der Waals surface area contributed by atoms with Gasteiger partial charge in [0.2, 0.25) is 0 Å². The molecule has 2 rings (SSSR count). The Morgan fingerprint density at radius 2 is 1.95 bits per heavy atom. The van der Waals surface area contributed by atoms with Crippen LogP contribution in [0.2, 0.25) is 5.02 Å². The van der Waals surface area contributed by atoms with Crippen LogP contribution < -0.4 is 10.1 Å². The molecule has 1 N–H and O–H groups in total. The summed E-state index contributed by atoms with van der Waals surface area (Å²) in [5.41, 5.74) is 2.60. The maximum Gasteiger partial charge on any atom is 0.262 e. The molecule has 0 radical (unpaired) electrons. The van der Waals surface area contributed by atoms with Crippen molar-refractivity contribution in [3.05, 3.63) is 58.4 Å². The Morgan fingerprint density at radius 3 is 2.62 bits per heavy atom. The molecule has 0 aliphatic rings. The zero-order chi connectivity index (χ0) is 15.4. The second-order valence-corrected chi connectivity index (χ2v) is 5.11. The average Bonchev–Trinajstić information content (AvgIpc) is 2.43. The van der Waals surface area contributed by atoms with Crippen LogP contribution in [0.3, 0.4) is 0 Å². The van der Waals surface area contributed by atoms with E-state index in [1.165, 1.54) is 12.1 Å². The second kappa shape index (κ2) is 6.59. The molecule has 110 valence electrons. The van der Waals surface area contributed by atoms with Crippen LogP contribution in [0.1, 0.15) is 11.1 Å². The summed E-state index contributed by atoms with van der Waals surface area (Å²) < 4.78 is 18.3. The zero-order valence-corrected chi connectivity index (χ0v) is 12.5. The van der Waals surface area contributed by atoms with Gasteiger partial charge < -0.3 is 10.1 Å². The highest BCUT2D eigenvalue weighted by atomic mass is 35.5. The summed E-state index contributed by atoms with van der Waals surface area (Å²) in [4.78, 5) is 11.8. The molecule has 0 bridgehead atoms. The molecule has 21 heavy (non-hydrogen) atoms. The maximum absolute atomic E-state index is 12.9. The van der Waals surface area contributed by atoms with E-state index in [1.54, 1.807) is 6.07 Å². The minimum Gasteiger partial charge on any atom is -0.484 e. The number of aryl methyl sites for hydroxylation is 2. The van der Waals surface area contributed by atoms with Gasteiger partial charge in [-0.1, -0.05) is 17.7 Å². The molecule has 0 aliphatic heterocycles. The van der Waals surface area contributed by atoms with Crippen LogP contribution in [0.4, 0.5) is 10.1 Å². The number of hydrogen-bond donors (Lipinski definition) is 1. The highest BCUT2D eigenvalue weighted by Crippen LogP contribution is 2.22. The fraction of sp³-hybridized carbons (Fsp3) is 0.188. The van der Waals surface area contributed by atoms with E-state index in [-0.39, 0.29) is 17.5 Å². The number of nitrogens with one attached hydrogen (secondary N) is 1. The Bertz CT molecular complexity index is 673. The number of amides is 1. The standard InChI is InChI=1S/C16H15ClFNO2/c1-10-3-5-13(7-11(10)2)21-9-16(20)19-15-6-4-12(18)8-14(15)17/h3-8H,9H2,1-2H3,(H,19,20). The van der Waals surface area contributed by atoms with Crippen molar-refractivity contribution in [2.45, 2.75) is 13.8 Å². The summed E-state index contributed by atoms with van der Waals surface area (Å²) in [6.07, 6.45) is 0. The normalized spacial score (nSPS) is 10.3. The van der Waals surface area contributed by atoms with Gasteiger partial charge in [-0.25, -0.2) is 4.39 Å². The molecule has 0 aromatic heterocycles. The molecule has 0 spiro atoms. The van der Waals surface area contributed by atoms with E-state index in [9.17, 15) is 9.18 Å². The highest BCUT2D eigenvalue weighted by Gasteiger charge is 2.08. The molecular weight excluding hydrogens is 293 g/mol. The number of carbonyl (C=O) groups is 1. The molecule has 2 aromatic rings. The zero-order valence-electron chi connectivity index (χ0n) is 11.7. The SMILES string of the molecule is Cc1ccc(OCC(=O)Nc2ccc(F)cc2Cl)cc1C. The first-order chi connectivity index (χ1) is 9.95. The minimum absolute atomic E-state index is 0.143. The second-order valence-electron chi connectivity index (χ2n) is 4.71. The van der Waals surface area contributed by atoms with Gasteiger partial charge in [-0.15, -0.1) is 0 Å². The lowest BCUT2D eigenvalue weighted by molar-refractivity contribution is -0.118. The van der Waals surface area contributed by atoms with Crippen LogP contribution in [-0.4, -0.2) is 12.5 Å². The predicted molar refractivity (Wildman–Crippen MR) is 81.5 cm³/mol. The Kier molecular flexibility index (Phi) is 4.81.